The Kier molecular flexibility index (Phi) is 4.68. The maximum absolute atomic E-state index is 12.6. The molecule has 0 unspecified atom stereocenters. The van der Waals surface area contributed by atoms with Crippen molar-refractivity contribution in [3.8, 4) is 0 Å². The molecule has 1 atom stereocenters. The number of carbonyl (C=O) groups excluding carboxylic acids is 2. The van der Waals surface area contributed by atoms with Crippen LogP contribution in [0.2, 0.25) is 0 Å². The molecule has 2 N–H and O–H groups in total. The van der Waals surface area contributed by atoms with Crippen molar-refractivity contribution in [1.82, 2.24) is 25.6 Å². The zero-order valence-corrected chi connectivity index (χ0v) is 15.7. The van der Waals surface area contributed by atoms with Crippen molar-refractivity contribution >= 4 is 11.8 Å². The van der Waals surface area contributed by atoms with E-state index in [-0.39, 0.29) is 17.9 Å². The van der Waals surface area contributed by atoms with Crippen LogP contribution in [0.5, 0.6) is 0 Å². The molecule has 28 heavy (non-hydrogen) atoms. The summed E-state index contributed by atoms with van der Waals surface area (Å²) in [6, 6.07) is 9.60. The lowest BCUT2D eigenvalue weighted by atomic mass is 10.1. The molecule has 2 aromatic heterocycles. The van der Waals surface area contributed by atoms with Crippen LogP contribution >= 0.6 is 0 Å². The number of nitrogens with zero attached hydrogens (tertiary/aromatic N) is 3. The predicted molar refractivity (Wildman–Crippen MR) is 101 cm³/mol. The Bertz CT molecular complexity index is 1000. The third-order valence-corrected chi connectivity index (χ3v) is 4.92. The minimum Gasteiger partial charge on any atom is -0.361 e. The second kappa shape index (κ2) is 7.30. The van der Waals surface area contributed by atoms with Crippen LogP contribution in [0.1, 0.15) is 43.4 Å². The molecule has 1 aliphatic rings. The standard InChI is InChI=1S/C20H21N5O3/c1-12-18(13(2)28-24-12)20(27)23-15-8-17-16(10-22-25(17)11-15)19(26)21-9-14-6-4-3-5-7-14/h3-7,10,15H,8-9,11H2,1-2H3,(H,21,26)(H,23,27)/t15-/m0/s1. The van der Waals surface area contributed by atoms with Crippen LogP contribution in [-0.4, -0.2) is 32.8 Å². The highest BCUT2D eigenvalue weighted by Crippen LogP contribution is 2.20. The highest BCUT2D eigenvalue weighted by atomic mass is 16.5. The summed E-state index contributed by atoms with van der Waals surface area (Å²) < 4.78 is 6.83. The molecule has 1 aromatic carbocycles. The molecule has 4 rings (SSSR count). The van der Waals surface area contributed by atoms with Crippen LogP contribution in [0, 0.1) is 13.8 Å². The molecule has 8 nitrogen and oxygen atoms in total. The number of amides is 2. The molecule has 3 aromatic rings. The molecule has 2 amide bonds. The van der Waals surface area contributed by atoms with E-state index < -0.39 is 0 Å². The van der Waals surface area contributed by atoms with E-state index in [4.69, 9.17) is 4.52 Å². The summed E-state index contributed by atoms with van der Waals surface area (Å²) in [4.78, 5) is 25.1. The highest BCUT2D eigenvalue weighted by Gasteiger charge is 2.30. The zero-order chi connectivity index (χ0) is 19.7. The predicted octanol–water partition coefficient (Wildman–Crippen LogP) is 1.77. The SMILES string of the molecule is Cc1noc(C)c1C(=O)N[C@H]1Cc2c(C(=O)NCc3ccccc3)cnn2C1. The lowest BCUT2D eigenvalue weighted by Crippen LogP contribution is -2.36. The number of benzene rings is 1. The molecule has 0 saturated heterocycles. The molecule has 0 bridgehead atoms. The summed E-state index contributed by atoms with van der Waals surface area (Å²) in [5, 5.41) is 14.0. The number of aromatic nitrogens is 3. The number of aryl methyl sites for hydroxylation is 2. The van der Waals surface area contributed by atoms with Gasteiger partial charge in [0.15, 0.2) is 0 Å². The van der Waals surface area contributed by atoms with Gasteiger partial charge in [0.05, 0.1) is 35.7 Å². The summed E-state index contributed by atoms with van der Waals surface area (Å²) in [6.07, 6.45) is 2.13. The fourth-order valence-electron chi connectivity index (χ4n) is 3.51. The second-order valence-electron chi connectivity index (χ2n) is 6.93. The molecule has 144 valence electrons. The van der Waals surface area contributed by atoms with Gasteiger partial charge in [-0.25, -0.2) is 0 Å². The van der Waals surface area contributed by atoms with Gasteiger partial charge in [0.1, 0.15) is 11.3 Å². The Labute approximate surface area is 161 Å². The molecule has 0 fully saturated rings. The Morgan fingerprint density at radius 3 is 2.71 bits per heavy atom. The Morgan fingerprint density at radius 1 is 1.21 bits per heavy atom. The summed E-state index contributed by atoms with van der Waals surface area (Å²) in [5.41, 5.74) is 3.43. The van der Waals surface area contributed by atoms with Crippen molar-refractivity contribution in [2.45, 2.75) is 39.4 Å². The topological polar surface area (TPSA) is 102 Å². The summed E-state index contributed by atoms with van der Waals surface area (Å²) in [7, 11) is 0. The summed E-state index contributed by atoms with van der Waals surface area (Å²) in [6.45, 7) is 4.43. The van der Waals surface area contributed by atoms with Crippen molar-refractivity contribution in [1.29, 1.82) is 0 Å². The normalized spacial score (nSPS) is 15.3. The van der Waals surface area contributed by atoms with Crippen molar-refractivity contribution in [2.75, 3.05) is 0 Å². The average molecular weight is 379 g/mol. The van der Waals surface area contributed by atoms with Crippen molar-refractivity contribution < 1.29 is 14.1 Å². The average Bonchev–Trinajstić information content (AvgIpc) is 3.34. The third-order valence-electron chi connectivity index (χ3n) is 4.92. The van der Waals surface area contributed by atoms with Crippen LogP contribution < -0.4 is 10.6 Å². The van der Waals surface area contributed by atoms with Gasteiger partial charge in [0.25, 0.3) is 11.8 Å². The Balaban J connectivity index is 1.40. The molecule has 3 heterocycles. The van der Waals surface area contributed by atoms with Crippen molar-refractivity contribution in [3.05, 3.63) is 70.4 Å². The van der Waals surface area contributed by atoms with Gasteiger partial charge < -0.3 is 15.2 Å². The number of hydrogen-bond donors (Lipinski definition) is 2. The Hall–Kier alpha value is -3.42. The molecule has 0 aliphatic carbocycles. The minimum absolute atomic E-state index is 0.134. The van der Waals surface area contributed by atoms with Crippen LogP contribution in [-0.2, 0) is 19.5 Å². The van der Waals surface area contributed by atoms with Crippen molar-refractivity contribution in [2.24, 2.45) is 0 Å². The molecule has 0 spiro atoms. The maximum Gasteiger partial charge on any atom is 0.257 e. The van der Waals surface area contributed by atoms with E-state index in [9.17, 15) is 9.59 Å². The fourth-order valence-corrected chi connectivity index (χ4v) is 3.51. The number of rotatable bonds is 5. The van der Waals surface area contributed by atoms with Crippen molar-refractivity contribution in [3.63, 3.8) is 0 Å². The molecule has 0 saturated carbocycles. The summed E-state index contributed by atoms with van der Waals surface area (Å²) in [5.74, 6) is 0.108. The van der Waals surface area contributed by atoms with Gasteiger partial charge in [0, 0.05) is 13.0 Å². The smallest absolute Gasteiger partial charge is 0.257 e. The third kappa shape index (κ3) is 3.40. The number of nitrogens with one attached hydrogen (secondary N) is 2. The van der Waals surface area contributed by atoms with E-state index in [1.165, 1.54) is 0 Å². The van der Waals surface area contributed by atoms with Crippen LogP contribution in [0.4, 0.5) is 0 Å². The maximum atomic E-state index is 12.6. The number of hydrogen-bond acceptors (Lipinski definition) is 5. The van der Waals surface area contributed by atoms with Gasteiger partial charge in [0.2, 0.25) is 0 Å². The molecule has 8 heteroatoms. The monoisotopic (exact) mass is 379 g/mol. The second-order valence-corrected chi connectivity index (χ2v) is 6.93. The number of carbonyl (C=O) groups is 2. The molecular formula is C20H21N5O3. The highest BCUT2D eigenvalue weighted by molar-refractivity contribution is 5.97. The van der Waals surface area contributed by atoms with Gasteiger partial charge in [-0.2, -0.15) is 5.10 Å². The summed E-state index contributed by atoms with van der Waals surface area (Å²) >= 11 is 0. The van der Waals surface area contributed by atoms with Gasteiger partial charge >= 0.3 is 0 Å². The fraction of sp³-hybridized carbons (Fsp3) is 0.300. The Morgan fingerprint density at radius 2 is 2.00 bits per heavy atom. The molecule has 1 aliphatic heterocycles. The van der Waals surface area contributed by atoms with E-state index in [1.54, 1.807) is 24.7 Å². The van der Waals surface area contributed by atoms with Gasteiger partial charge in [-0.05, 0) is 19.4 Å². The lowest BCUT2D eigenvalue weighted by Gasteiger charge is -2.11. The lowest BCUT2D eigenvalue weighted by molar-refractivity contribution is 0.0932. The first kappa shape index (κ1) is 18.0. The largest absolute Gasteiger partial charge is 0.361 e. The first-order chi connectivity index (χ1) is 13.5. The van der Waals surface area contributed by atoms with E-state index >= 15 is 0 Å². The molecule has 0 radical (unpaired) electrons. The van der Waals surface area contributed by atoms with E-state index in [0.717, 1.165) is 11.3 Å². The van der Waals surface area contributed by atoms with Gasteiger partial charge in [-0.15, -0.1) is 0 Å². The first-order valence-electron chi connectivity index (χ1n) is 9.13. The molecular weight excluding hydrogens is 358 g/mol. The van der Waals surface area contributed by atoms with Crippen LogP contribution in [0.15, 0.2) is 41.1 Å². The van der Waals surface area contributed by atoms with E-state index in [0.29, 0.717) is 42.1 Å². The van der Waals surface area contributed by atoms with Gasteiger partial charge in [-0.3, -0.25) is 14.3 Å². The van der Waals surface area contributed by atoms with E-state index in [2.05, 4.69) is 20.9 Å². The minimum atomic E-state index is -0.220. The van der Waals surface area contributed by atoms with Gasteiger partial charge in [-0.1, -0.05) is 35.5 Å². The van der Waals surface area contributed by atoms with Crippen LogP contribution in [0.3, 0.4) is 0 Å². The zero-order valence-electron chi connectivity index (χ0n) is 15.7. The number of fused-ring (bicyclic) bond motifs is 1. The van der Waals surface area contributed by atoms with Crippen LogP contribution in [0.25, 0.3) is 0 Å². The quantitative estimate of drug-likeness (QED) is 0.703. The first-order valence-corrected chi connectivity index (χ1v) is 9.13. The van der Waals surface area contributed by atoms with E-state index in [1.807, 2.05) is 30.3 Å².